The first-order valence-corrected chi connectivity index (χ1v) is 12.8. The predicted molar refractivity (Wildman–Crippen MR) is 106 cm³/mol. The van der Waals surface area contributed by atoms with Crippen molar-refractivity contribution in [3.05, 3.63) is 10.6 Å². The minimum atomic E-state index is 0.0834. The fraction of sp³-hybridized carbons (Fsp3) is 0.895. The molecule has 0 amide bonds. The van der Waals surface area contributed by atoms with E-state index in [0.717, 1.165) is 14.4 Å². The van der Waals surface area contributed by atoms with E-state index < -0.39 is 0 Å². The molecule has 0 saturated carbocycles. The van der Waals surface area contributed by atoms with Crippen LogP contribution in [-0.2, 0) is 0 Å². The summed E-state index contributed by atoms with van der Waals surface area (Å²) in [7, 11) is 0.381. The summed E-state index contributed by atoms with van der Waals surface area (Å²) in [6.07, 6.45) is 0. The van der Waals surface area contributed by atoms with Gasteiger partial charge in [-0.05, 0) is 40.7 Å². The highest BCUT2D eigenvalue weighted by molar-refractivity contribution is 8.28. The fourth-order valence-electron chi connectivity index (χ4n) is 6.63. The van der Waals surface area contributed by atoms with Gasteiger partial charge < -0.3 is 0 Å². The maximum Gasteiger partial charge on any atom is 0.0461 e. The molecule has 22 heavy (non-hydrogen) atoms. The second-order valence-electron chi connectivity index (χ2n) is 10.9. The Morgan fingerprint density at radius 1 is 0.591 bits per heavy atom. The van der Waals surface area contributed by atoms with Crippen molar-refractivity contribution in [3.8, 4) is 0 Å². The minimum Gasteiger partial charge on any atom is -0.0640 e. The molecule has 4 atom stereocenters. The van der Waals surface area contributed by atoms with Gasteiger partial charge in [-0.3, -0.25) is 0 Å². The summed E-state index contributed by atoms with van der Waals surface area (Å²) >= 11 is 0. The van der Waals surface area contributed by atoms with Crippen molar-refractivity contribution in [1.82, 2.24) is 0 Å². The third-order valence-corrected chi connectivity index (χ3v) is 25.9. The zero-order valence-electron chi connectivity index (χ0n) is 16.3. The summed E-state index contributed by atoms with van der Waals surface area (Å²) in [5, 5.41) is 3.75. The van der Waals surface area contributed by atoms with Gasteiger partial charge in [-0.15, -0.1) is 0 Å². The molecule has 0 radical (unpaired) electrons. The van der Waals surface area contributed by atoms with E-state index in [0.29, 0.717) is 16.2 Å². The van der Waals surface area contributed by atoms with Gasteiger partial charge in [-0.1, -0.05) is 86.1 Å². The lowest BCUT2D eigenvalue weighted by atomic mass is 9.80. The lowest BCUT2D eigenvalue weighted by Crippen LogP contribution is -2.46. The van der Waals surface area contributed by atoms with Crippen LogP contribution in [0.1, 0.15) is 76.2 Å². The molecule has 0 aromatic heterocycles. The molecular weight excluding hydrogens is 321 g/mol. The molecule has 124 valence electrons. The topological polar surface area (TPSA) is 0 Å². The van der Waals surface area contributed by atoms with Crippen molar-refractivity contribution in [1.29, 1.82) is 0 Å². The minimum absolute atomic E-state index is 0.0834. The van der Waals surface area contributed by atoms with E-state index in [1.54, 1.807) is 0 Å². The summed E-state index contributed by atoms with van der Waals surface area (Å²) < 4.78 is 0.766. The van der Waals surface area contributed by atoms with Gasteiger partial charge in [0.05, 0.1) is 0 Å². The SMILES string of the molecule is CC1=C(C)P2C3(C(C)(C)C)P1C1(C(C)(C)C)P3C21C(C)(C)C. The molecule has 0 aliphatic carbocycles. The highest BCUT2D eigenvalue weighted by Crippen LogP contribution is 3.38. The number of hydrogen-bond acceptors (Lipinski definition) is 0. The van der Waals surface area contributed by atoms with E-state index >= 15 is 0 Å². The Bertz CT molecular complexity index is 581. The van der Waals surface area contributed by atoms with E-state index in [4.69, 9.17) is 0 Å². The van der Waals surface area contributed by atoms with Crippen LogP contribution in [-0.4, -0.2) is 14.4 Å². The molecule has 4 unspecified atom stereocenters. The third kappa shape index (κ3) is 1.06. The highest BCUT2D eigenvalue weighted by Gasteiger charge is 3.12. The number of allylic oxidation sites excluding steroid dienone is 2. The van der Waals surface area contributed by atoms with Crippen LogP contribution in [0.4, 0.5) is 0 Å². The van der Waals surface area contributed by atoms with Crippen LogP contribution in [0, 0.1) is 16.2 Å². The maximum atomic E-state index is 2.57. The summed E-state index contributed by atoms with van der Waals surface area (Å²) in [5.41, 5.74) is 1.49. The number of fused-ring (bicyclic) bond motifs is 3. The zero-order valence-corrected chi connectivity index (χ0v) is 19.0. The zero-order chi connectivity index (χ0) is 16.9. The molecule has 4 heterocycles. The third-order valence-electron chi connectivity index (χ3n) is 6.96. The molecule has 0 aromatic carbocycles. The van der Waals surface area contributed by atoms with E-state index in [9.17, 15) is 0 Å². The quantitative estimate of drug-likeness (QED) is 0.388. The predicted octanol–water partition coefficient (Wildman–Crippen LogP) is 7.92. The van der Waals surface area contributed by atoms with Gasteiger partial charge in [-0.25, -0.2) is 0 Å². The first-order chi connectivity index (χ1) is 9.68. The van der Waals surface area contributed by atoms with Crippen molar-refractivity contribution in [2.24, 2.45) is 16.2 Å². The monoisotopic (exact) mass is 354 g/mol. The lowest BCUT2D eigenvalue weighted by molar-refractivity contribution is 0.294. The Kier molecular flexibility index (Phi) is 2.70. The van der Waals surface area contributed by atoms with Gasteiger partial charge in [0.25, 0.3) is 0 Å². The van der Waals surface area contributed by atoms with Crippen LogP contribution in [0.2, 0.25) is 0 Å². The Labute approximate surface area is 141 Å². The van der Waals surface area contributed by atoms with Crippen LogP contribution < -0.4 is 0 Å². The van der Waals surface area contributed by atoms with Crippen molar-refractivity contribution >= 4 is 23.8 Å². The average Bonchev–Trinajstić information content (AvgIpc) is 2.55. The number of rotatable bonds is 0. The maximum absolute atomic E-state index is 2.57. The van der Waals surface area contributed by atoms with Gasteiger partial charge in [0, 0.05) is 14.4 Å². The molecule has 3 heteroatoms. The van der Waals surface area contributed by atoms with Crippen molar-refractivity contribution in [2.75, 3.05) is 0 Å². The van der Waals surface area contributed by atoms with Crippen molar-refractivity contribution in [3.63, 3.8) is 0 Å². The Balaban J connectivity index is 2.01. The van der Waals surface area contributed by atoms with Crippen LogP contribution >= 0.6 is 23.8 Å². The molecular formula is C19H33P3. The highest BCUT2D eigenvalue weighted by atomic mass is 31.3. The van der Waals surface area contributed by atoms with Gasteiger partial charge in [0.1, 0.15) is 0 Å². The van der Waals surface area contributed by atoms with E-state index in [2.05, 4.69) is 76.2 Å². The Morgan fingerprint density at radius 2 is 0.909 bits per heavy atom. The summed E-state index contributed by atoms with van der Waals surface area (Å²) in [6.45, 7) is 28.2. The summed E-state index contributed by atoms with van der Waals surface area (Å²) in [6, 6.07) is 0. The first-order valence-electron chi connectivity index (χ1n) is 8.76. The van der Waals surface area contributed by atoms with Crippen molar-refractivity contribution in [2.45, 2.75) is 90.6 Å². The normalized spacial score (nSPS) is 52.2. The van der Waals surface area contributed by atoms with Gasteiger partial charge in [-0.2, -0.15) is 0 Å². The van der Waals surface area contributed by atoms with Gasteiger partial charge in [0.15, 0.2) is 0 Å². The Morgan fingerprint density at radius 3 is 1.14 bits per heavy atom. The van der Waals surface area contributed by atoms with E-state index in [1.807, 2.05) is 10.6 Å². The van der Waals surface area contributed by atoms with Crippen LogP contribution in [0.3, 0.4) is 0 Å². The van der Waals surface area contributed by atoms with E-state index in [1.165, 1.54) is 0 Å². The molecule has 0 N–H and O–H groups in total. The molecule has 4 rings (SSSR count). The van der Waals surface area contributed by atoms with Crippen LogP contribution in [0.5, 0.6) is 0 Å². The van der Waals surface area contributed by atoms with Gasteiger partial charge in [0.2, 0.25) is 0 Å². The first kappa shape index (κ1) is 16.5. The lowest BCUT2D eigenvalue weighted by Gasteiger charge is -2.65. The molecule has 4 aliphatic heterocycles. The summed E-state index contributed by atoms with van der Waals surface area (Å²) in [4.78, 5) is 1.46. The largest absolute Gasteiger partial charge is 0.0640 e. The second-order valence-corrected chi connectivity index (χ2v) is 20.7. The molecule has 4 aliphatic rings. The fourth-order valence-corrected chi connectivity index (χ4v) is 33.4. The van der Waals surface area contributed by atoms with Crippen LogP contribution in [0.15, 0.2) is 10.6 Å². The molecule has 0 bridgehead atoms. The average molecular weight is 354 g/mol. The molecule has 0 aromatic rings. The molecule has 3 saturated heterocycles. The van der Waals surface area contributed by atoms with Gasteiger partial charge >= 0.3 is 0 Å². The molecule has 3 fully saturated rings. The number of hydrogen-bond donors (Lipinski definition) is 0. The van der Waals surface area contributed by atoms with Crippen molar-refractivity contribution < 1.29 is 0 Å². The second kappa shape index (κ2) is 3.60. The van der Waals surface area contributed by atoms with E-state index in [-0.39, 0.29) is 23.8 Å². The smallest absolute Gasteiger partial charge is 0.0461 e. The molecule has 0 nitrogen and oxygen atoms in total. The van der Waals surface area contributed by atoms with Crippen LogP contribution in [0.25, 0.3) is 0 Å². The summed E-state index contributed by atoms with van der Waals surface area (Å²) in [5.74, 6) is 0. The Hall–Kier alpha value is 1.03. The standard InChI is InChI=1S/C19H33P3/c1-12-13(2)21-18(15(6,7)8)17(14(3,4)5)20(12)19(21,22(17)18)16(9,10)11/h1-11H3. The molecule has 0 spiro atoms.